The van der Waals surface area contributed by atoms with Crippen LogP contribution in [0.5, 0.6) is 5.75 Å². The fraction of sp³-hybridized carbons (Fsp3) is 0.440. The van der Waals surface area contributed by atoms with Gasteiger partial charge in [0.05, 0.1) is 7.11 Å². The van der Waals surface area contributed by atoms with E-state index in [1.807, 2.05) is 12.1 Å². The van der Waals surface area contributed by atoms with Crippen molar-refractivity contribution in [2.24, 2.45) is 0 Å². The SMILES string of the molecule is CC=C(Cc1ccc(OC)cc1)c1ccc2c(c1)C(C)(C)CCC2(C)C. The Labute approximate surface area is 159 Å². The Morgan fingerprint density at radius 1 is 0.923 bits per heavy atom. The number of benzene rings is 2. The standard InChI is InChI=1S/C25H32O/c1-7-19(16-18-8-11-21(26-6)12-9-18)20-10-13-22-23(17-20)25(4,5)15-14-24(22,2)3/h7-13,17H,14-16H2,1-6H3. The Morgan fingerprint density at radius 2 is 1.54 bits per heavy atom. The number of hydrogen-bond acceptors (Lipinski definition) is 1. The molecule has 1 nitrogen and oxygen atoms in total. The molecule has 1 aliphatic rings. The van der Waals surface area contributed by atoms with Gasteiger partial charge in [0.25, 0.3) is 0 Å². The maximum Gasteiger partial charge on any atom is 0.118 e. The van der Waals surface area contributed by atoms with Gasteiger partial charge in [-0.15, -0.1) is 0 Å². The zero-order chi connectivity index (χ0) is 18.9. The Kier molecular flexibility index (Phi) is 5.01. The molecule has 0 atom stereocenters. The van der Waals surface area contributed by atoms with Crippen molar-refractivity contribution in [2.75, 3.05) is 7.11 Å². The molecule has 2 aromatic rings. The first-order valence-electron chi connectivity index (χ1n) is 9.70. The van der Waals surface area contributed by atoms with Gasteiger partial charge in [-0.2, -0.15) is 0 Å². The van der Waals surface area contributed by atoms with Crippen LogP contribution in [0.3, 0.4) is 0 Å². The molecule has 0 saturated carbocycles. The minimum atomic E-state index is 0.250. The molecule has 1 heteroatoms. The van der Waals surface area contributed by atoms with Gasteiger partial charge in [0.2, 0.25) is 0 Å². The van der Waals surface area contributed by atoms with Crippen LogP contribution in [0.1, 0.15) is 69.7 Å². The molecule has 0 N–H and O–H groups in total. The lowest BCUT2D eigenvalue weighted by Crippen LogP contribution is -2.33. The van der Waals surface area contributed by atoms with E-state index in [1.54, 1.807) is 7.11 Å². The van der Waals surface area contributed by atoms with Crippen molar-refractivity contribution in [1.82, 2.24) is 0 Å². The zero-order valence-corrected chi connectivity index (χ0v) is 17.1. The van der Waals surface area contributed by atoms with Crippen molar-refractivity contribution in [3.05, 3.63) is 70.8 Å². The molecular formula is C25H32O. The van der Waals surface area contributed by atoms with E-state index in [-0.39, 0.29) is 10.8 Å². The van der Waals surface area contributed by atoms with E-state index in [2.05, 4.69) is 71.0 Å². The smallest absolute Gasteiger partial charge is 0.118 e. The number of ether oxygens (including phenoxy) is 1. The predicted octanol–water partition coefficient (Wildman–Crippen LogP) is 6.69. The van der Waals surface area contributed by atoms with Crippen molar-refractivity contribution in [1.29, 1.82) is 0 Å². The summed E-state index contributed by atoms with van der Waals surface area (Å²) in [6.07, 6.45) is 5.71. The third-order valence-electron chi connectivity index (χ3n) is 6.13. The lowest BCUT2D eigenvalue weighted by molar-refractivity contribution is 0.332. The minimum Gasteiger partial charge on any atom is -0.497 e. The second-order valence-corrected chi connectivity index (χ2v) is 8.87. The summed E-state index contributed by atoms with van der Waals surface area (Å²) < 4.78 is 5.28. The van der Waals surface area contributed by atoms with Crippen molar-refractivity contribution >= 4 is 5.57 Å². The molecule has 0 aliphatic heterocycles. The van der Waals surface area contributed by atoms with Gasteiger partial charge in [-0.3, -0.25) is 0 Å². The number of hydrogen-bond donors (Lipinski definition) is 0. The number of methoxy groups -OCH3 is 1. The third-order valence-corrected chi connectivity index (χ3v) is 6.13. The quantitative estimate of drug-likeness (QED) is 0.598. The Balaban J connectivity index is 1.95. The molecule has 138 valence electrons. The molecule has 0 unspecified atom stereocenters. The van der Waals surface area contributed by atoms with Crippen LogP contribution in [0.2, 0.25) is 0 Å². The van der Waals surface area contributed by atoms with Crippen LogP contribution < -0.4 is 4.74 Å². The summed E-state index contributed by atoms with van der Waals surface area (Å²) in [4.78, 5) is 0. The number of rotatable bonds is 4. The molecular weight excluding hydrogens is 316 g/mol. The molecule has 0 radical (unpaired) electrons. The van der Waals surface area contributed by atoms with Gasteiger partial charge in [-0.1, -0.05) is 64.1 Å². The molecule has 1 aliphatic carbocycles. The molecule has 0 heterocycles. The fourth-order valence-electron chi connectivity index (χ4n) is 4.12. The maximum atomic E-state index is 5.28. The molecule has 0 fully saturated rings. The van der Waals surface area contributed by atoms with E-state index in [9.17, 15) is 0 Å². The van der Waals surface area contributed by atoms with Crippen molar-refractivity contribution < 1.29 is 4.74 Å². The van der Waals surface area contributed by atoms with Crippen LogP contribution >= 0.6 is 0 Å². The van der Waals surface area contributed by atoms with E-state index >= 15 is 0 Å². The van der Waals surface area contributed by atoms with Gasteiger partial charge >= 0.3 is 0 Å². The average molecular weight is 349 g/mol. The van der Waals surface area contributed by atoms with Crippen molar-refractivity contribution in [3.8, 4) is 5.75 Å². The summed E-state index contributed by atoms with van der Waals surface area (Å²) in [6, 6.07) is 15.6. The van der Waals surface area contributed by atoms with Gasteiger partial charge < -0.3 is 4.74 Å². The predicted molar refractivity (Wildman–Crippen MR) is 112 cm³/mol. The topological polar surface area (TPSA) is 9.23 Å². The van der Waals surface area contributed by atoms with Gasteiger partial charge in [0.1, 0.15) is 5.75 Å². The molecule has 0 aromatic heterocycles. The lowest BCUT2D eigenvalue weighted by Gasteiger charge is -2.42. The molecule has 0 spiro atoms. The monoisotopic (exact) mass is 348 g/mol. The Bertz CT molecular complexity index is 807. The number of allylic oxidation sites excluding steroid dienone is 2. The molecule has 26 heavy (non-hydrogen) atoms. The van der Waals surface area contributed by atoms with E-state index in [0.717, 1.165) is 12.2 Å². The highest BCUT2D eigenvalue weighted by atomic mass is 16.5. The Morgan fingerprint density at radius 3 is 2.12 bits per heavy atom. The molecule has 2 aromatic carbocycles. The normalized spacial score (nSPS) is 18.3. The highest BCUT2D eigenvalue weighted by Gasteiger charge is 2.36. The summed E-state index contributed by atoms with van der Waals surface area (Å²) >= 11 is 0. The van der Waals surface area contributed by atoms with Crippen LogP contribution in [0, 0.1) is 0 Å². The third kappa shape index (κ3) is 3.58. The largest absolute Gasteiger partial charge is 0.497 e. The van der Waals surface area contributed by atoms with Gasteiger partial charge in [-0.05, 0) is 77.0 Å². The minimum absolute atomic E-state index is 0.250. The maximum absolute atomic E-state index is 5.28. The van der Waals surface area contributed by atoms with Crippen molar-refractivity contribution in [3.63, 3.8) is 0 Å². The first kappa shape index (κ1) is 18.8. The Hall–Kier alpha value is -2.02. The molecule has 0 saturated heterocycles. The van der Waals surface area contributed by atoms with E-state index < -0.39 is 0 Å². The van der Waals surface area contributed by atoms with Crippen LogP contribution in [-0.2, 0) is 17.3 Å². The van der Waals surface area contributed by atoms with Crippen LogP contribution in [0.15, 0.2) is 48.5 Å². The molecule has 0 bridgehead atoms. The summed E-state index contributed by atoms with van der Waals surface area (Å²) in [5, 5.41) is 0. The van der Waals surface area contributed by atoms with Crippen LogP contribution in [0.4, 0.5) is 0 Å². The van der Waals surface area contributed by atoms with Gasteiger partial charge in [0, 0.05) is 0 Å². The van der Waals surface area contributed by atoms with Gasteiger partial charge in [-0.25, -0.2) is 0 Å². The highest BCUT2D eigenvalue weighted by molar-refractivity contribution is 5.69. The zero-order valence-electron chi connectivity index (χ0n) is 17.1. The summed E-state index contributed by atoms with van der Waals surface area (Å²) in [7, 11) is 1.71. The number of fused-ring (bicyclic) bond motifs is 1. The van der Waals surface area contributed by atoms with Gasteiger partial charge in [0.15, 0.2) is 0 Å². The van der Waals surface area contributed by atoms with Crippen LogP contribution in [0.25, 0.3) is 5.57 Å². The fourth-order valence-corrected chi connectivity index (χ4v) is 4.12. The second-order valence-electron chi connectivity index (χ2n) is 8.87. The van der Waals surface area contributed by atoms with E-state index in [1.165, 1.54) is 40.7 Å². The molecule has 3 rings (SSSR count). The van der Waals surface area contributed by atoms with Crippen LogP contribution in [-0.4, -0.2) is 7.11 Å². The molecule has 0 amide bonds. The first-order chi connectivity index (χ1) is 12.3. The average Bonchev–Trinajstić information content (AvgIpc) is 2.64. The highest BCUT2D eigenvalue weighted by Crippen LogP contribution is 2.46. The lowest BCUT2D eigenvalue weighted by atomic mass is 9.63. The summed E-state index contributed by atoms with van der Waals surface area (Å²) in [5.74, 6) is 0.911. The first-order valence-corrected chi connectivity index (χ1v) is 9.70. The second kappa shape index (κ2) is 6.95. The van der Waals surface area contributed by atoms with E-state index in [0.29, 0.717) is 0 Å². The van der Waals surface area contributed by atoms with E-state index in [4.69, 9.17) is 4.74 Å². The summed E-state index contributed by atoms with van der Waals surface area (Å²) in [5.41, 5.74) is 7.63. The van der Waals surface area contributed by atoms with Crippen molar-refractivity contribution in [2.45, 2.75) is 64.7 Å². The summed E-state index contributed by atoms with van der Waals surface area (Å²) in [6.45, 7) is 11.7.